The van der Waals surface area contributed by atoms with Crippen molar-refractivity contribution in [2.75, 3.05) is 24.4 Å². The van der Waals surface area contributed by atoms with Crippen LogP contribution in [0, 0.1) is 0 Å². The van der Waals surface area contributed by atoms with Crippen molar-refractivity contribution in [1.82, 2.24) is 19.4 Å². The van der Waals surface area contributed by atoms with Crippen LogP contribution in [0.2, 0.25) is 5.02 Å². The number of benzene rings is 1. The Morgan fingerprint density at radius 1 is 1.31 bits per heavy atom. The van der Waals surface area contributed by atoms with Gasteiger partial charge >= 0.3 is 10.2 Å². The summed E-state index contributed by atoms with van der Waals surface area (Å²) >= 11 is 6.18. The van der Waals surface area contributed by atoms with E-state index in [-0.39, 0.29) is 54.5 Å². The fourth-order valence-corrected chi connectivity index (χ4v) is 5.29. The summed E-state index contributed by atoms with van der Waals surface area (Å²) < 4.78 is 31.4. The van der Waals surface area contributed by atoms with Crippen LogP contribution in [0.1, 0.15) is 43.7 Å². The number of rotatable bonds is 8. The molecule has 171 valence electrons. The quantitative estimate of drug-likeness (QED) is 0.574. The molecule has 0 saturated carbocycles. The second-order valence-corrected chi connectivity index (χ2v) is 10.5. The second kappa shape index (κ2) is 11.4. The minimum Gasteiger partial charge on any atom is -0.302 e. The first kappa shape index (κ1) is 27.1. The summed E-state index contributed by atoms with van der Waals surface area (Å²) in [6.45, 7) is 5.24. The molecule has 1 amide bonds. The molecule has 8 nitrogen and oxygen atoms in total. The Labute approximate surface area is 217 Å². The molecular formula is C21H30ClN5NaO3S. The Kier molecular flexibility index (Phi) is 9.63. The molecule has 1 radical (unpaired) electrons. The zero-order chi connectivity index (χ0) is 22.8. The molecule has 1 saturated heterocycles. The van der Waals surface area contributed by atoms with Gasteiger partial charge in [0, 0.05) is 53.9 Å². The summed E-state index contributed by atoms with van der Waals surface area (Å²) in [6.07, 6.45) is 4.96. The van der Waals surface area contributed by atoms with E-state index < -0.39 is 16.1 Å². The van der Waals surface area contributed by atoms with Crippen LogP contribution in [-0.2, 0) is 28.5 Å². The number of likely N-dealkylation sites (N-methyl/N-ethyl adjacent to an activating group) is 1. The first-order chi connectivity index (χ1) is 14.5. The maximum atomic E-state index is 13.2. The Morgan fingerprint density at radius 2 is 2.03 bits per heavy atom. The molecule has 3 rings (SSSR count). The number of halogens is 1. The molecule has 0 aliphatic carbocycles. The molecule has 32 heavy (non-hydrogen) atoms. The van der Waals surface area contributed by atoms with Crippen molar-refractivity contribution >= 4 is 63.0 Å². The van der Waals surface area contributed by atoms with Gasteiger partial charge in [-0.2, -0.15) is 13.5 Å². The Hall–Kier alpha value is -1.10. The number of likely N-dealkylation sites (tertiary alicyclic amines) is 1. The molecule has 2 heterocycles. The van der Waals surface area contributed by atoms with Gasteiger partial charge in [-0.3, -0.25) is 9.48 Å². The van der Waals surface area contributed by atoms with Crippen molar-refractivity contribution < 1.29 is 13.2 Å². The maximum Gasteiger partial charge on any atom is 0.326 e. The second-order valence-electron chi connectivity index (χ2n) is 8.43. The topological polar surface area (TPSA) is 87.5 Å². The summed E-state index contributed by atoms with van der Waals surface area (Å²) in [5.41, 5.74) is 2.10. The van der Waals surface area contributed by atoms with Gasteiger partial charge in [0.05, 0.1) is 24.8 Å². The average Bonchev–Trinajstić information content (AvgIpc) is 3.26. The Balaban J connectivity index is 0.00000363. The number of aryl methyl sites for hydroxylation is 1. The van der Waals surface area contributed by atoms with E-state index >= 15 is 0 Å². The fourth-order valence-electron chi connectivity index (χ4n) is 3.81. The van der Waals surface area contributed by atoms with Crippen molar-refractivity contribution in [2.24, 2.45) is 7.05 Å². The van der Waals surface area contributed by atoms with Gasteiger partial charge in [-0.25, -0.2) is 9.03 Å². The molecule has 11 heteroatoms. The molecule has 1 aromatic carbocycles. The SMILES string of the molecule is CC(C)c1cc(Cl)cc(CC(=O)NS(=O)(=O)N(C[C@@H]2CCCN2C)c2cnn(C)c2)c1.[Na]. The first-order valence-corrected chi connectivity index (χ1v) is 12.2. The van der Waals surface area contributed by atoms with E-state index in [0.717, 1.165) is 24.9 Å². The van der Waals surface area contributed by atoms with Gasteiger partial charge in [-0.15, -0.1) is 0 Å². The van der Waals surface area contributed by atoms with Crippen molar-refractivity contribution in [1.29, 1.82) is 0 Å². The van der Waals surface area contributed by atoms with Gasteiger partial charge in [0.15, 0.2) is 0 Å². The van der Waals surface area contributed by atoms with Crippen LogP contribution in [0.15, 0.2) is 30.6 Å². The number of nitrogens with one attached hydrogen (secondary N) is 1. The number of carbonyl (C=O) groups is 1. The summed E-state index contributed by atoms with van der Waals surface area (Å²) in [6, 6.07) is 5.50. The average molecular weight is 491 g/mol. The van der Waals surface area contributed by atoms with Crippen LogP contribution in [-0.4, -0.2) is 84.7 Å². The first-order valence-electron chi connectivity index (χ1n) is 10.4. The van der Waals surface area contributed by atoms with Gasteiger partial charge in [-0.1, -0.05) is 31.5 Å². The zero-order valence-corrected chi connectivity index (χ0v) is 22.9. The molecule has 1 aliphatic heterocycles. The third-order valence-electron chi connectivity index (χ3n) is 5.57. The van der Waals surface area contributed by atoms with E-state index in [4.69, 9.17) is 11.6 Å². The summed E-state index contributed by atoms with van der Waals surface area (Å²) in [5.74, 6) is -0.362. The predicted molar refractivity (Wildman–Crippen MR) is 128 cm³/mol. The van der Waals surface area contributed by atoms with E-state index in [1.165, 1.54) is 15.2 Å². The van der Waals surface area contributed by atoms with Crippen LogP contribution >= 0.6 is 11.6 Å². The fraction of sp³-hybridized carbons (Fsp3) is 0.524. The standard InChI is InChI=1S/C21H30ClN5O3S.Na/c1-15(2)17-8-16(9-18(22)11-17)10-21(28)24-31(29,30)27(20-12-23-26(4)13-20)14-19-6-5-7-25(19)3;/h8-9,11-13,15,19H,5-7,10,14H2,1-4H3,(H,24,28);/t19-;/m0./s1. The number of hydrogen-bond donors (Lipinski definition) is 1. The van der Waals surface area contributed by atoms with Gasteiger partial charge in [0.1, 0.15) is 0 Å². The number of nitrogens with zero attached hydrogens (tertiary/aromatic N) is 4. The molecule has 0 unspecified atom stereocenters. The van der Waals surface area contributed by atoms with E-state index in [1.54, 1.807) is 19.3 Å². The smallest absolute Gasteiger partial charge is 0.302 e. The third kappa shape index (κ3) is 6.95. The predicted octanol–water partition coefficient (Wildman–Crippen LogP) is 2.32. The van der Waals surface area contributed by atoms with Gasteiger partial charge in [-0.05, 0) is 55.6 Å². The number of amides is 1. The molecule has 1 aromatic heterocycles. The normalized spacial score (nSPS) is 16.8. The van der Waals surface area contributed by atoms with Gasteiger partial charge < -0.3 is 4.90 Å². The molecule has 1 fully saturated rings. The van der Waals surface area contributed by atoms with Crippen molar-refractivity contribution in [2.45, 2.75) is 45.1 Å². The number of anilines is 1. The molecule has 0 spiro atoms. The summed E-state index contributed by atoms with van der Waals surface area (Å²) in [7, 11) is -0.404. The summed E-state index contributed by atoms with van der Waals surface area (Å²) in [5, 5.41) is 4.62. The number of aromatic nitrogens is 2. The number of hydrogen-bond acceptors (Lipinski definition) is 5. The minimum atomic E-state index is -4.11. The van der Waals surface area contributed by atoms with Crippen LogP contribution in [0.4, 0.5) is 5.69 Å². The Morgan fingerprint density at radius 3 is 2.59 bits per heavy atom. The summed E-state index contributed by atoms with van der Waals surface area (Å²) in [4.78, 5) is 14.8. The van der Waals surface area contributed by atoms with E-state index in [0.29, 0.717) is 16.3 Å². The van der Waals surface area contributed by atoms with Crippen molar-refractivity contribution in [3.8, 4) is 0 Å². The molecule has 1 N–H and O–H groups in total. The van der Waals surface area contributed by atoms with Crippen molar-refractivity contribution in [3.63, 3.8) is 0 Å². The van der Waals surface area contributed by atoms with Crippen LogP contribution in [0.5, 0.6) is 0 Å². The Bertz CT molecular complexity index is 1040. The van der Waals surface area contributed by atoms with Crippen LogP contribution in [0.3, 0.4) is 0 Å². The van der Waals surface area contributed by atoms with E-state index in [9.17, 15) is 13.2 Å². The van der Waals surface area contributed by atoms with E-state index in [2.05, 4.69) is 14.7 Å². The van der Waals surface area contributed by atoms with Gasteiger partial charge in [0.2, 0.25) is 5.91 Å². The molecule has 1 atom stereocenters. The van der Waals surface area contributed by atoms with Gasteiger partial charge in [0.25, 0.3) is 0 Å². The third-order valence-corrected chi connectivity index (χ3v) is 7.22. The molecule has 1 aliphatic rings. The molecule has 0 bridgehead atoms. The molecular weight excluding hydrogens is 461 g/mol. The molecule has 2 aromatic rings. The maximum absolute atomic E-state index is 13.2. The zero-order valence-electron chi connectivity index (χ0n) is 19.4. The van der Waals surface area contributed by atoms with Crippen molar-refractivity contribution in [3.05, 3.63) is 46.7 Å². The largest absolute Gasteiger partial charge is 0.326 e. The number of carbonyl (C=O) groups excluding carboxylic acids is 1. The minimum absolute atomic E-state index is 0. The van der Waals surface area contributed by atoms with Crippen LogP contribution < -0.4 is 9.03 Å². The monoisotopic (exact) mass is 490 g/mol. The van der Waals surface area contributed by atoms with Crippen LogP contribution in [0.25, 0.3) is 0 Å². The van der Waals surface area contributed by atoms with E-state index in [1.807, 2.05) is 33.0 Å².